The Morgan fingerprint density at radius 3 is 2.93 bits per heavy atom. The van der Waals surface area contributed by atoms with Gasteiger partial charge in [-0.3, -0.25) is 0 Å². The van der Waals surface area contributed by atoms with Gasteiger partial charge in [0.05, 0.1) is 6.61 Å². The van der Waals surface area contributed by atoms with Crippen molar-refractivity contribution in [3.63, 3.8) is 0 Å². The van der Waals surface area contributed by atoms with Crippen LogP contribution in [0.15, 0.2) is 0 Å². The Kier molecular flexibility index (Phi) is 6.69. The van der Waals surface area contributed by atoms with E-state index in [0.717, 1.165) is 26.3 Å². The fourth-order valence-electron chi connectivity index (χ4n) is 2.32. The molecular formula is C12H25NOS. The summed E-state index contributed by atoms with van der Waals surface area (Å²) in [5, 5.41) is 3.50. The van der Waals surface area contributed by atoms with Crippen LogP contribution in [0.5, 0.6) is 0 Å². The first-order chi connectivity index (χ1) is 7.33. The predicted molar refractivity (Wildman–Crippen MR) is 68.6 cm³/mol. The van der Waals surface area contributed by atoms with E-state index in [2.05, 4.69) is 18.5 Å². The zero-order chi connectivity index (χ0) is 11.0. The molecule has 0 aromatic rings. The molecule has 1 heterocycles. The van der Waals surface area contributed by atoms with Gasteiger partial charge in [0.1, 0.15) is 0 Å². The number of rotatable bonds is 7. The Morgan fingerprint density at radius 2 is 2.33 bits per heavy atom. The van der Waals surface area contributed by atoms with Gasteiger partial charge in [0.25, 0.3) is 0 Å². The fourth-order valence-corrected chi connectivity index (χ4v) is 2.75. The van der Waals surface area contributed by atoms with Gasteiger partial charge >= 0.3 is 0 Å². The molecule has 3 heteroatoms. The molecule has 0 radical (unpaired) electrons. The standard InChI is InChI=1S/C12H25NOS/c1-3-13-10-12(7-5-9-15-2)6-4-8-14-11-12/h13H,3-11H2,1-2H3. The Bertz CT molecular complexity index is 158. The smallest absolute Gasteiger partial charge is 0.0534 e. The van der Waals surface area contributed by atoms with Crippen LogP contribution < -0.4 is 5.32 Å². The topological polar surface area (TPSA) is 21.3 Å². The van der Waals surface area contributed by atoms with Gasteiger partial charge in [-0.2, -0.15) is 11.8 Å². The maximum absolute atomic E-state index is 5.67. The Morgan fingerprint density at radius 1 is 1.47 bits per heavy atom. The molecule has 0 amide bonds. The van der Waals surface area contributed by atoms with Crippen LogP contribution in [0.25, 0.3) is 0 Å². The first kappa shape index (κ1) is 13.3. The molecule has 1 aliphatic heterocycles. The van der Waals surface area contributed by atoms with E-state index >= 15 is 0 Å². The quantitative estimate of drug-likeness (QED) is 0.680. The summed E-state index contributed by atoms with van der Waals surface area (Å²) in [6.45, 7) is 6.33. The van der Waals surface area contributed by atoms with Gasteiger partial charge in [-0.05, 0) is 44.2 Å². The van der Waals surface area contributed by atoms with Gasteiger partial charge in [-0.15, -0.1) is 0 Å². The van der Waals surface area contributed by atoms with Gasteiger partial charge < -0.3 is 10.1 Å². The highest BCUT2D eigenvalue weighted by Crippen LogP contribution is 2.33. The molecule has 1 N–H and O–H groups in total. The van der Waals surface area contributed by atoms with E-state index in [1.54, 1.807) is 0 Å². The van der Waals surface area contributed by atoms with Crippen molar-refractivity contribution in [2.24, 2.45) is 5.41 Å². The zero-order valence-corrected chi connectivity index (χ0v) is 11.0. The van der Waals surface area contributed by atoms with Crippen LogP contribution in [0.3, 0.4) is 0 Å². The number of nitrogens with one attached hydrogen (secondary N) is 1. The van der Waals surface area contributed by atoms with Crippen molar-refractivity contribution in [2.45, 2.75) is 32.6 Å². The van der Waals surface area contributed by atoms with E-state index in [1.807, 2.05) is 11.8 Å². The summed E-state index contributed by atoms with van der Waals surface area (Å²) in [5.41, 5.74) is 0.435. The second-order valence-corrected chi connectivity index (χ2v) is 5.52. The number of hydrogen-bond donors (Lipinski definition) is 1. The molecule has 0 saturated carbocycles. The fraction of sp³-hybridized carbons (Fsp3) is 1.00. The molecule has 0 aromatic heterocycles. The molecule has 1 fully saturated rings. The van der Waals surface area contributed by atoms with Crippen LogP contribution in [-0.4, -0.2) is 38.3 Å². The first-order valence-electron chi connectivity index (χ1n) is 6.10. The van der Waals surface area contributed by atoms with Crippen molar-refractivity contribution in [3.05, 3.63) is 0 Å². The summed E-state index contributed by atoms with van der Waals surface area (Å²) < 4.78 is 5.67. The normalized spacial score (nSPS) is 26.8. The SMILES string of the molecule is CCNCC1(CCCSC)CCCOC1. The minimum Gasteiger partial charge on any atom is -0.381 e. The largest absolute Gasteiger partial charge is 0.381 e. The van der Waals surface area contributed by atoms with E-state index in [4.69, 9.17) is 4.74 Å². The summed E-state index contributed by atoms with van der Waals surface area (Å²) in [5.74, 6) is 1.29. The number of thioether (sulfide) groups is 1. The minimum absolute atomic E-state index is 0.435. The van der Waals surface area contributed by atoms with Crippen LogP contribution in [0.1, 0.15) is 32.6 Å². The molecule has 15 heavy (non-hydrogen) atoms. The molecule has 0 bridgehead atoms. The van der Waals surface area contributed by atoms with Crippen LogP contribution in [0, 0.1) is 5.41 Å². The molecule has 1 saturated heterocycles. The van der Waals surface area contributed by atoms with Gasteiger partial charge in [0.2, 0.25) is 0 Å². The molecule has 1 aliphatic rings. The minimum atomic E-state index is 0.435. The van der Waals surface area contributed by atoms with E-state index in [0.29, 0.717) is 5.41 Å². The average Bonchev–Trinajstić information content (AvgIpc) is 2.28. The Labute approximate surface area is 98.5 Å². The molecule has 0 spiro atoms. The molecule has 90 valence electrons. The van der Waals surface area contributed by atoms with Crippen molar-refractivity contribution in [3.8, 4) is 0 Å². The van der Waals surface area contributed by atoms with Crippen LogP contribution >= 0.6 is 11.8 Å². The predicted octanol–water partition coefficient (Wildman–Crippen LogP) is 2.54. The van der Waals surface area contributed by atoms with Gasteiger partial charge in [-0.25, -0.2) is 0 Å². The number of ether oxygens (including phenoxy) is 1. The molecule has 0 aromatic carbocycles. The first-order valence-corrected chi connectivity index (χ1v) is 7.50. The highest BCUT2D eigenvalue weighted by Gasteiger charge is 2.31. The van der Waals surface area contributed by atoms with Crippen molar-refractivity contribution < 1.29 is 4.74 Å². The third-order valence-electron chi connectivity index (χ3n) is 3.21. The second-order valence-electron chi connectivity index (χ2n) is 4.53. The summed E-state index contributed by atoms with van der Waals surface area (Å²) >= 11 is 1.95. The van der Waals surface area contributed by atoms with Gasteiger partial charge in [-0.1, -0.05) is 6.92 Å². The molecule has 0 aliphatic carbocycles. The van der Waals surface area contributed by atoms with Crippen LogP contribution in [0.4, 0.5) is 0 Å². The molecule has 1 unspecified atom stereocenters. The molecule has 1 rings (SSSR count). The van der Waals surface area contributed by atoms with Crippen LogP contribution in [-0.2, 0) is 4.74 Å². The van der Waals surface area contributed by atoms with E-state index in [-0.39, 0.29) is 0 Å². The summed E-state index contributed by atoms with van der Waals surface area (Å²) in [4.78, 5) is 0. The summed E-state index contributed by atoms with van der Waals surface area (Å²) in [6, 6.07) is 0. The molecule has 1 atom stereocenters. The maximum atomic E-state index is 5.67. The second kappa shape index (κ2) is 7.53. The zero-order valence-electron chi connectivity index (χ0n) is 10.2. The lowest BCUT2D eigenvalue weighted by Crippen LogP contribution is -2.41. The third kappa shape index (κ3) is 4.75. The van der Waals surface area contributed by atoms with Crippen molar-refractivity contribution in [2.75, 3.05) is 38.3 Å². The van der Waals surface area contributed by atoms with E-state index in [9.17, 15) is 0 Å². The lowest BCUT2D eigenvalue weighted by atomic mass is 9.78. The van der Waals surface area contributed by atoms with E-state index in [1.165, 1.54) is 31.4 Å². The van der Waals surface area contributed by atoms with Crippen molar-refractivity contribution in [1.82, 2.24) is 5.32 Å². The lowest BCUT2D eigenvalue weighted by Gasteiger charge is -2.37. The number of hydrogen-bond acceptors (Lipinski definition) is 3. The molecule has 2 nitrogen and oxygen atoms in total. The summed E-state index contributed by atoms with van der Waals surface area (Å²) in [6.07, 6.45) is 7.42. The van der Waals surface area contributed by atoms with E-state index < -0.39 is 0 Å². The van der Waals surface area contributed by atoms with Gasteiger partial charge in [0, 0.05) is 18.6 Å². The highest BCUT2D eigenvalue weighted by atomic mass is 32.2. The van der Waals surface area contributed by atoms with Crippen molar-refractivity contribution in [1.29, 1.82) is 0 Å². The van der Waals surface area contributed by atoms with Crippen molar-refractivity contribution >= 4 is 11.8 Å². The van der Waals surface area contributed by atoms with Gasteiger partial charge in [0.15, 0.2) is 0 Å². The average molecular weight is 231 g/mol. The maximum Gasteiger partial charge on any atom is 0.0534 e. The van der Waals surface area contributed by atoms with Crippen LogP contribution in [0.2, 0.25) is 0 Å². The molecular weight excluding hydrogens is 206 g/mol. The monoisotopic (exact) mass is 231 g/mol. The lowest BCUT2D eigenvalue weighted by molar-refractivity contribution is -0.0119. The summed E-state index contributed by atoms with van der Waals surface area (Å²) in [7, 11) is 0. The highest BCUT2D eigenvalue weighted by molar-refractivity contribution is 7.98. The Balaban J connectivity index is 2.35. The Hall–Kier alpha value is 0.270. The third-order valence-corrected chi connectivity index (χ3v) is 3.91.